The minimum Gasteiger partial charge on any atom is -0.366 e. The van der Waals surface area contributed by atoms with Crippen molar-refractivity contribution in [2.45, 2.75) is 19.3 Å². The van der Waals surface area contributed by atoms with Crippen LogP contribution in [0.1, 0.15) is 29.6 Å². The fraction of sp³-hybridized carbons (Fsp3) is 0.588. The van der Waals surface area contributed by atoms with Crippen molar-refractivity contribution in [2.24, 2.45) is 0 Å². The number of piperazine rings is 1. The summed E-state index contributed by atoms with van der Waals surface area (Å²) in [5.41, 5.74) is 1.08. The molecule has 7 nitrogen and oxygen atoms in total. The molecule has 1 aromatic rings. The number of hydrogen-bond acceptors (Lipinski definition) is 5. The van der Waals surface area contributed by atoms with Crippen LogP contribution in [0.25, 0.3) is 0 Å². The van der Waals surface area contributed by atoms with E-state index in [1.807, 2.05) is 7.05 Å². The maximum atomic E-state index is 12.6. The maximum absolute atomic E-state index is 12.6. The number of carbonyl (C=O) groups is 1. The first-order valence-corrected chi connectivity index (χ1v) is 8.57. The Labute approximate surface area is 142 Å². The van der Waals surface area contributed by atoms with E-state index in [9.17, 15) is 14.9 Å². The molecule has 3 rings (SSSR count). The molecule has 2 aliphatic heterocycles. The molecule has 1 aromatic carbocycles. The summed E-state index contributed by atoms with van der Waals surface area (Å²) in [7, 11) is 2.03. The molecular weight excluding hydrogens is 308 g/mol. The highest BCUT2D eigenvalue weighted by atomic mass is 16.6. The third kappa shape index (κ3) is 3.51. The van der Waals surface area contributed by atoms with Gasteiger partial charge in [-0.25, -0.2) is 0 Å². The second-order valence-corrected chi connectivity index (χ2v) is 6.60. The average Bonchev–Trinajstić information content (AvgIpc) is 2.62. The average molecular weight is 332 g/mol. The predicted molar refractivity (Wildman–Crippen MR) is 92.6 cm³/mol. The Balaban J connectivity index is 1.83. The molecule has 0 saturated carbocycles. The van der Waals surface area contributed by atoms with E-state index in [0.29, 0.717) is 24.3 Å². The Hall–Kier alpha value is -2.15. The van der Waals surface area contributed by atoms with Gasteiger partial charge in [0.1, 0.15) is 5.69 Å². The summed E-state index contributed by atoms with van der Waals surface area (Å²) in [6, 6.07) is 4.93. The Morgan fingerprint density at radius 2 is 1.71 bits per heavy atom. The van der Waals surface area contributed by atoms with Crippen molar-refractivity contribution < 1.29 is 9.72 Å². The molecule has 0 aliphatic carbocycles. The number of amides is 1. The summed E-state index contributed by atoms with van der Waals surface area (Å²) in [6.45, 7) is 4.67. The lowest BCUT2D eigenvalue weighted by molar-refractivity contribution is -0.384. The number of anilines is 1. The van der Waals surface area contributed by atoms with Crippen LogP contribution in [-0.2, 0) is 0 Å². The summed E-state index contributed by atoms with van der Waals surface area (Å²) in [4.78, 5) is 29.8. The quantitative estimate of drug-likeness (QED) is 0.625. The van der Waals surface area contributed by atoms with E-state index in [1.54, 1.807) is 17.0 Å². The van der Waals surface area contributed by atoms with Gasteiger partial charge in [0.15, 0.2) is 0 Å². The summed E-state index contributed by atoms with van der Waals surface area (Å²) < 4.78 is 0. The topological polar surface area (TPSA) is 69.9 Å². The van der Waals surface area contributed by atoms with Gasteiger partial charge in [-0.15, -0.1) is 0 Å². The molecule has 0 spiro atoms. The lowest BCUT2D eigenvalue weighted by Gasteiger charge is -2.32. The minimum atomic E-state index is -0.370. The second-order valence-electron chi connectivity index (χ2n) is 6.60. The van der Waals surface area contributed by atoms with Gasteiger partial charge in [-0.2, -0.15) is 0 Å². The smallest absolute Gasteiger partial charge is 0.293 e. The van der Waals surface area contributed by atoms with E-state index in [1.165, 1.54) is 12.5 Å². The fourth-order valence-corrected chi connectivity index (χ4v) is 3.40. The van der Waals surface area contributed by atoms with Crippen LogP contribution in [0.2, 0.25) is 0 Å². The molecule has 0 atom stereocenters. The van der Waals surface area contributed by atoms with E-state index in [0.717, 1.165) is 39.0 Å². The Morgan fingerprint density at radius 1 is 1.04 bits per heavy atom. The van der Waals surface area contributed by atoms with Crippen LogP contribution in [0.4, 0.5) is 11.4 Å². The minimum absolute atomic E-state index is 0.0388. The first-order valence-electron chi connectivity index (χ1n) is 8.57. The van der Waals surface area contributed by atoms with Gasteiger partial charge in [-0.1, -0.05) is 0 Å². The maximum Gasteiger partial charge on any atom is 0.293 e. The van der Waals surface area contributed by atoms with Crippen molar-refractivity contribution in [3.63, 3.8) is 0 Å². The number of nitro benzene ring substituents is 1. The third-order valence-corrected chi connectivity index (χ3v) is 4.91. The number of rotatable bonds is 3. The summed E-state index contributed by atoms with van der Waals surface area (Å²) in [5, 5.41) is 11.5. The molecule has 0 aromatic heterocycles. The second kappa shape index (κ2) is 7.17. The molecular formula is C17H24N4O3. The number of likely N-dealkylation sites (N-methyl/N-ethyl adjacent to an activating group) is 1. The van der Waals surface area contributed by atoms with Crippen molar-refractivity contribution in [1.82, 2.24) is 9.80 Å². The highest BCUT2D eigenvalue weighted by molar-refractivity contribution is 5.96. The normalized spacial score (nSPS) is 19.4. The molecule has 0 N–H and O–H groups in total. The van der Waals surface area contributed by atoms with Crippen LogP contribution in [0, 0.1) is 10.1 Å². The van der Waals surface area contributed by atoms with Crippen molar-refractivity contribution >= 4 is 17.3 Å². The third-order valence-electron chi connectivity index (χ3n) is 4.91. The monoisotopic (exact) mass is 332 g/mol. The lowest BCUT2D eigenvalue weighted by atomic mass is 10.1. The zero-order valence-corrected chi connectivity index (χ0v) is 14.1. The largest absolute Gasteiger partial charge is 0.366 e. The van der Waals surface area contributed by atoms with Gasteiger partial charge in [0.25, 0.3) is 11.6 Å². The number of piperidine rings is 1. The fourth-order valence-electron chi connectivity index (χ4n) is 3.40. The number of carbonyl (C=O) groups excluding carboxylic acids is 1. The Morgan fingerprint density at radius 3 is 2.33 bits per heavy atom. The van der Waals surface area contributed by atoms with Gasteiger partial charge in [-0.05, 0) is 38.4 Å². The van der Waals surface area contributed by atoms with Crippen molar-refractivity contribution in [1.29, 1.82) is 0 Å². The van der Waals surface area contributed by atoms with Crippen LogP contribution in [-0.4, -0.2) is 66.9 Å². The van der Waals surface area contributed by atoms with Crippen LogP contribution >= 0.6 is 0 Å². The summed E-state index contributed by atoms with van der Waals surface area (Å²) >= 11 is 0. The molecule has 24 heavy (non-hydrogen) atoms. The molecule has 0 unspecified atom stereocenters. The Kier molecular flexibility index (Phi) is 4.99. The van der Waals surface area contributed by atoms with Gasteiger partial charge in [0, 0.05) is 50.9 Å². The van der Waals surface area contributed by atoms with E-state index in [4.69, 9.17) is 0 Å². The van der Waals surface area contributed by atoms with Crippen LogP contribution in [0.5, 0.6) is 0 Å². The van der Waals surface area contributed by atoms with Gasteiger partial charge in [0.05, 0.1) is 4.92 Å². The van der Waals surface area contributed by atoms with E-state index >= 15 is 0 Å². The molecule has 1 amide bonds. The number of hydrogen-bond donors (Lipinski definition) is 0. The van der Waals surface area contributed by atoms with Gasteiger partial charge in [0.2, 0.25) is 0 Å². The standard InChI is InChI=1S/C17H24N4O3/c1-18-9-11-20(12-10-18)17(22)14-5-6-15(16(13-14)21(23)24)19-7-3-2-4-8-19/h5-6,13H,2-4,7-12H2,1H3. The number of nitro groups is 1. The van der Waals surface area contributed by atoms with E-state index in [2.05, 4.69) is 9.80 Å². The number of benzene rings is 1. The highest BCUT2D eigenvalue weighted by Gasteiger charge is 2.26. The Bertz CT molecular complexity index is 620. The number of nitrogens with zero attached hydrogens (tertiary/aromatic N) is 4. The van der Waals surface area contributed by atoms with Crippen LogP contribution in [0.15, 0.2) is 18.2 Å². The molecule has 0 radical (unpaired) electrons. The van der Waals surface area contributed by atoms with Crippen molar-refractivity contribution in [3.05, 3.63) is 33.9 Å². The zero-order chi connectivity index (χ0) is 17.1. The molecule has 7 heteroatoms. The highest BCUT2D eigenvalue weighted by Crippen LogP contribution is 2.31. The van der Waals surface area contributed by atoms with Gasteiger partial charge >= 0.3 is 0 Å². The molecule has 2 aliphatic rings. The SMILES string of the molecule is CN1CCN(C(=O)c2ccc(N3CCCCC3)c([N+](=O)[O-])c2)CC1. The van der Waals surface area contributed by atoms with E-state index in [-0.39, 0.29) is 16.5 Å². The molecule has 2 saturated heterocycles. The summed E-state index contributed by atoms with van der Waals surface area (Å²) in [5.74, 6) is -0.114. The first kappa shape index (κ1) is 16.7. The first-order chi connectivity index (χ1) is 11.6. The van der Waals surface area contributed by atoms with Crippen LogP contribution < -0.4 is 4.90 Å². The zero-order valence-electron chi connectivity index (χ0n) is 14.1. The molecule has 2 heterocycles. The van der Waals surface area contributed by atoms with Crippen LogP contribution in [0.3, 0.4) is 0 Å². The molecule has 0 bridgehead atoms. The molecule has 130 valence electrons. The summed E-state index contributed by atoms with van der Waals surface area (Å²) in [6.07, 6.45) is 3.28. The molecule has 2 fully saturated rings. The van der Waals surface area contributed by atoms with Crippen molar-refractivity contribution in [2.75, 3.05) is 51.2 Å². The van der Waals surface area contributed by atoms with Gasteiger partial charge in [-0.3, -0.25) is 14.9 Å². The van der Waals surface area contributed by atoms with E-state index < -0.39 is 0 Å². The predicted octanol–water partition coefficient (Wildman–Crippen LogP) is 1.97. The lowest BCUT2D eigenvalue weighted by Crippen LogP contribution is -2.47. The van der Waals surface area contributed by atoms with Gasteiger partial charge < -0.3 is 14.7 Å². The van der Waals surface area contributed by atoms with Crippen molar-refractivity contribution in [3.8, 4) is 0 Å².